The molecule has 18 heavy (non-hydrogen) atoms. The van der Waals surface area contributed by atoms with Crippen LogP contribution in [0.15, 0.2) is 35.7 Å². The summed E-state index contributed by atoms with van der Waals surface area (Å²) < 4.78 is 25.1. The molecule has 0 aliphatic rings. The van der Waals surface area contributed by atoms with Crippen molar-refractivity contribution in [2.45, 2.75) is 11.3 Å². The number of nitrogens with one attached hydrogen (secondary N) is 1. The molecule has 0 fully saturated rings. The molecule has 3 N–H and O–H groups in total. The number of benzene rings is 1. The summed E-state index contributed by atoms with van der Waals surface area (Å²) in [5, 5.41) is 3.09. The fourth-order valence-corrected chi connectivity index (χ4v) is 2.30. The van der Waals surface area contributed by atoms with Crippen LogP contribution in [0.3, 0.4) is 0 Å². The molecule has 0 saturated carbocycles. The molecule has 100 valence electrons. The minimum atomic E-state index is -3.43. The van der Waals surface area contributed by atoms with Crippen LogP contribution in [0.25, 0.3) is 0 Å². The van der Waals surface area contributed by atoms with E-state index in [4.69, 9.17) is 5.73 Å². The van der Waals surface area contributed by atoms with Gasteiger partial charge < -0.3 is 11.1 Å². The number of nitrogen functional groups attached to an aromatic ring is 1. The fourth-order valence-electron chi connectivity index (χ4n) is 1.37. The van der Waals surface area contributed by atoms with Crippen LogP contribution >= 0.6 is 0 Å². The van der Waals surface area contributed by atoms with Crippen LogP contribution in [-0.2, 0) is 10.0 Å². The highest BCUT2D eigenvalue weighted by atomic mass is 32.2. The first kappa shape index (κ1) is 14.5. The Labute approximate surface area is 108 Å². The van der Waals surface area contributed by atoms with Crippen LogP contribution in [-0.4, -0.2) is 33.4 Å². The summed E-state index contributed by atoms with van der Waals surface area (Å²) in [5.41, 5.74) is 6.94. The van der Waals surface area contributed by atoms with E-state index in [1.54, 1.807) is 18.2 Å². The molecule has 0 heterocycles. The molecule has 0 unspecified atom stereocenters. The molecule has 0 spiro atoms. The Morgan fingerprint density at radius 1 is 1.44 bits per heavy atom. The van der Waals surface area contributed by atoms with Crippen LogP contribution < -0.4 is 11.1 Å². The number of sulfonamides is 1. The molecule has 6 heteroatoms. The number of rotatable bonds is 6. The van der Waals surface area contributed by atoms with E-state index in [1.807, 2.05) is 0 Å². The van der Waals surface area contributed by atoms with Crippen LogP contribution in [0, 0.1) is 0 Å². The van der Waals surface area contributed by atoms with Crippen molar-refractivity contribution in [3.63, 3.8) is 0 Å². The number of nitrogens with two attached hydrogens (primary N) is 1. The molecule has 0 amide bonds. The number of hydrogen-bond donors (Lipinski definition) is 2. The third-order valence-corrected chi connectivity index (χ3v) is 4.28. The quantitative estimate of drug-likeness (QED) is 0.466. The first-order valence-corrected chi connectivity index (χ1v) is 7.00. The van der Waals surface area contributed by atoms with E-state index in [0.717, 1.165) is 6.42 Å². The van der Waals surface area contributed by atoms with E-state index in [9.17, 15) is 8.42 Å². The van der Waals surface area contributed by atoms with Gasteiger partial charge in [0.1, 0.15) is 0 Å². The highest BCUT2D eigenvalue weighted by Crippen LogP contribution is 2.24. The second-order valence-corrected chi connectivity index (χ2v) is 6.19. The third-order valence-electron chi connectivity index (χ3n) is 2.47. The molecule has 0 saturated heterocycles. The molecular formula is C12H19N3O2S. The van der Waals surface area contributed by atoms with E-state index in [2.05, 4.69) is 11.9 Å². The summed E-state index contributed by atoms with van der Waals surface area (Å²) in [6, 6.07) is 4.64. The van der Waals surface area contributed by atoms with Crippen LogP contribution in [0.2, 0.25) is 0 Å². The Morgan fingerprint density at radius 2 is 2.11 bits per heavy atom. The van der Waals surface area contributed by atoms with E-state index in [0.29, 0.717) is 17.9 Å². The van der Waals surface area contributed by atoms with Crippen molar-refractivity contribution in [1.29, 1.82) is 0 Å². The molecule has 1 aromatic carbocycles. The SMILES string of the molecule is C=CCCNc1cc(S(=O)(=O)N(C)C)ccc1N. The lowest BCUT2D eigenvalue weighted by atomic mass is 10.2. The molecular weight excluding hydrogens is 250 g/mol. The molecule has 1 rings (SSSR count). The number of anilines is 2. The van der Waals surface area contributed by atoms with Crippen molar-refractivity contribution < 1.29 is 8.42 Å². The maximum atomic E-state index is 12.0. The normalized spacial score (nSPS) is 11.5. The largest absolute Gasteiger partial charge is 0.397 e. The van der Waals surface area contributed by atoms with Gasteiger partial charge in [-0.3, -0.25) is 0 Å². The summed E-state index contributed by atoms with van der Waals surface area (Å²) >= 11 is 0. The van der Waals surface area contributed by atoms with Gasteiger partial charge in [0.05, 0.1) is 16.3 Å². The predicted octanol–water partition coefficient (Wildman–Crippen LogP) is 1.51. The Morgan fingerprint density at radius 3 is 2.67 bits per heavy atom. The lowest BCUT2D eigenvalue weighted by Gasteiger charge is -2.14. The number of nitrogens with zero attached hydrogens (tertiary/aromatic N) is 1. The lowest BCUT2D eigenvalue weighted by Crippen LogP contribution is -2.22. The average Bonchev–Trinajstić information content (AvgIpc) is 2.31. The van der Waals surface area contributed by atoms with Gasteiger partial charge in [-0.05, 0) is 24.6 Å². The smallest absolute Gasteiger partial charge is 0.242 e. The molecule has 5 nitrogen and oxygen atoms in total. The van der Waals surface area contributed by atoms with Gasteiger partial charge in [0, 0.05) is 20.6 Å². The molecule has 0 aliphatic heterocycles. The summed E-state index contributed by atoms with van der Waals surface area (Å²) in [4.78, 5) is 0.225. The summed E-state index contributed by atoms with van der Waals surface area (Å²) in [7, 11) is -0.436. The first-order valence-electron chi connectivity index (χ1n) is 5.56. The Hall–Kier alpha value is -1.53. The van der Waals surface area contributed by atoms with Gasteiger partial charge in [0.15, 0.2) is 0 Å². The maximum absolute atomic E-state index is 12.0. The van der Waals surface area contributed by atoms with E-state index < -0.39 is 10.0 Å². The van der Waals surface area contributed by atoms with E-state index >= 15 is 0 Å². The zero-order chi connectivity index (χ0) is 13.8. The van der Waals surface area contributed by atoms with Crippen molar-refractivity contribution in [3.8, 4) is 0 Å². The van der Waals surface area contributed by atoms with Gasteiger partial charge in [-0.2, -0.15) is 0 Å². The number of hydrogen-bond acceptors (Lipinski definition) is 4. The first-order chi connectivity index (χ1) is 8.39. The zero-order valence-corrected chi connectivity index (χ0v) is 11.5. The average molecular weight is 269 g/mol. The van der Waals surface area contributed by atoms with Crippen molar-refractivity contribution >= 4 is 21.4 Å². The van der Waals surface area contributed by atoms with Gasteiger partial charge in [-0.25, -0.2) is 12.7 Å². The Kier molecular flexibility index (Phi) is 4.75. The summed E-state index contributed by atoms with van der Waals surface area (Å²) in [6.07, 6.45) is 2.56. The summed E-state index contributed by atoms with van der Waals surface area (Å²) in [5.74, 6) is 0. The van der Waals surface area contributed by atoms with Gasteiger partial charge >= 0.3 is 0 Å². The standard InChI is InChI=1S/C12H19N3O2S/c1-4-5-8-14-12-9-10(6-7-11(12)13)18(16,17)15(2)3/h4,6-7,9,14H,1,5,8,13H2,2-3H3. The van der Waals surface area contributed by atoms with Crippen LogP contribution in [0.5, 0.6) is 0 Å². The molecule has 0 atom stereocenters. The minimum absolute atomic E-state index is 0.225. The zero-order valence-electron chi connectivity index (χ0n) is 10.7. The highest BCUT2D eigenvalue weighted by molar-refractivity contribution is 7.89. The van der Waals surface area contributed by atoms with Crippen molar-refractivity contribution in [2.75, 3.05) is 31.7 Å². The van der Waals surface area contributed by atoms with Crippen molar-refractivity contribution in [2.24, 2.45) is 0 Å². The van der Waals surface area contributed by atoms with Gasteiger partial charge in [0.25, 0.3) is 0 Å². The van der Waals surface area contributed by atoms with Crippen molar-refractivity contribution in [1.82, 2.24) is 4.31 Å². The topological polar surface area (TPSA) is 75.4 Å². The minimum Gasteiger partial charge on any atom is -0.397 e. The van der Waals surface area contributed by atoms with Gasteiger partial charge in [-0.1, -0.05) is 6.08 Å². The second-order valence-electron chi connectivity index (χ2n) is 4.04. The predicted molar refractivity (Wildman–Crippen MR) is 75.0 cm³/mol. The Balaban J connectivity index is 3.04. The van der Waals surface area contributed by atoms with E-state index in [1.165, 1.54) is 24.5 Å². The lowest BCUT2D eigenvalue weighted by molar-refractivity contribution is 0.521. The van der Waals surface area contributed by atoms with Gasteiger partial charge in [0.2, 0.25) is 10.0 Å². The summed E-state index contributed by atoms with van der Waals surface area (Å²) in [6.45, 7) is 4.29. The third kappa shape index (κ3) is 3.24. The van der Waals surface area contributed by atoms with Gasteiger partial charge in [-0.15, -0.1) is 6.58 Å². The monoisotopic (exact) mass is 269 g/mol. The maximum Gasteiger partial charge on any atom is 0.242 e. The molecule has 1 aromatic rings. The molecule has 0 bridgehead atoms. The van der Waals surface area contributed by atoms with E-state index in [-0.39, 0.29) is 4.90 Å². The van der Waals surface area contributed by atoms with Crippen LogP contribution in [0.1, 0.15) is 6.42 Å². The Bertz CT molecular complexity index is 524. The highest BCUT2D eigenvalue weighted by Gasteiger charge is 2.18. The van der Waals surface area contributed by atoms with Crippen LogP contribution in [0.4, 0.5) is 11.4 Å². The molecule has 0 radical (unpaired) electrons. The molecule has 0 aliphatic carbocycles. The second kappa shape index (κ2) is 5.88. The molecule has 0 aromatic heterocycles. The fraction of sp³-hybridized carbons (Fsp3) is 0.333. The van der Waals surface area contributed by atoms with Crippen molar-refractivity contribution in [3.05, 3.63) is 30.9 Å².